The molecule has 0 saturated carbocycles. The molecule has 1 aromatic rings. The Labute approximate surface area is 105 Å². The minimum absolute atomic E-state index is 0.580. The summed E-state index contributed by atoms with van der Waals surface area (Å²) in [5.41, 5.74) is 0. The maximum Gasteiger partial charge on any atom is 0.142 e. The number of hydrogen-bond donors (Lipinski definition) is 1. The lowest BCUT2D eigenvalue weighted by Crippen LogP contribution is -2.31. The number of likely N-dealkylation sites (N-methyl/N-ethyl adjacent to an activating group) is 1. The summed E-state index contributed by atoms with van der Waals surface area (Å²) in [6, 6.07) is 0.580. The molecule has 84 valence electrons. The summed E-state index contributed by atoms with van der Waals surface area (Å²) < 4.78 is 1.06. The fraction of sp³-hybridized carbons (Fsp3) is 0.600. The molecule has 0 radical (unpaired) electrons. The molecule has 0 spiro atoms. The molecular formula is C10H17IN4. The average molecular weight is 320 g/mol. The van der Waals surface area contributed by atoms with Gasteiger partial charge in [-0.15, -0.1) is 0 Å². The fourth-order valence-corrected chi connectivity index (χ4v) is 1.54. The van der Waals surface area contributed by atoms with Crippen LogP contribution in [0.25, 0.3) is 0 Å². The van der Waals surface area contributed by atoms with Crippen LogP contribution in [0.15, 0.2) is 12.5 Å². The van der Waals surface area contributed by atoms with Gasteiger partial charge in [0.2, 0.25) is 0 Å². The van der Waals surface area contributed by atoms with E-state index >= 15 is 0 Å². The molecule has 0 bridgehead atoms. The van der Waals surface area contributed by atoms with Gasteiger partial charge in [-0.3, -0.25) is 0 Å². The molecule has 0 fully saturated rings. The van der Waals surface area contributed by atoms with E-state index in [1.165, 1.54) is 0 Å². The zero-order chi connectivity index (χ0) is 11.3. The Kier molecular flexibility index (Phi) is 5.24. The predicted octanol–water partition coefficient (Wildman–Crippen LogP) is 1.83. The predicted molar refractivity (Wildman–Crippen MR) is 71.0 cm³/mol. The number of nitrogens with zero attached hydrogens (tertiary/aromatic N) is 3. The van der Waals surface area contributed by atoms with Gasteiger partial charge in [0, 0.05) is 25.3 Å². The second-order valence-corrected chi connectivity index (χ2v) is 4.88. The van der Waals surface area contributed by atoms with Crippen LogP contribution in [0.2, 0.25) is 0 Å². The molecule has 4 nitrogen and oxygen atoms in total. The standard InChI is InChI=1S/C10H17IN4/c1-8(2)15(3)5-4-13-10-9(11)6-12-7-14-10/h6-8H,4-5H2,1-3H3,(H,12,13,14). The number of halogens is 1. The Morgan fingerprint density at radius 1 is 1.53 bits per heavy atom. The van der Waals surface area contributed by atoms with Crippen LogP contribution in [-0.4, -0.2) is 41.0 Å². The van der Waals surface area contributed by atoms with Gasteiger partial charge < -0.3 is 10.2 Å². The summed E-state index contributed by atoms with van der Waals surface area (Å²) in [6.45, 7) is 6.29. The van der Waals surface area contributed by atoms with Gasteiger partial charge in [0.1, 0.15) is 12.1 Å². The number of rotatable bonds is 5. The summed E-state index contributed by atoms with van der Waals surface area (Å²) in [5.74, 6) is 0.919. The first-order chi connectivity index (χ1) is 7.11. The van der Waals surface area contributed by atoms with Crippen molar-refractivity contribution in [3.8, 4) is 0 Å². The zero-order valence-electron chi connectivity index (χ0n) is 9.37. The largest absolute Gasteiger partial charge is 0.368 e. The van der Waals surface area contributed by atoms with Crippen LogP contribution in [0.1, 0.15) is 13.8 Å². The van der Waals surface area contributed by atoms with Gasteiger partial charge in [0.25, 0.3) is 0 Å². The van der Waals surface area contributed by atoms with Gasteiger partial charge in [-0.1, -0.05) is 0 Å². The van der Waals surface area contributed by atoms with E-state index in [-0.39, 0.29) is 0 Å². The third-order valence-corrected chi connectivity index (χ3v) is 3.10. The summed E-state index contributed by atoms with van der Waals surface area (Å²) in [7, 11) is 2.12. The molecule has 0 unspecified atom stereocenters. The van der Waals surface area contributed by atoms with E-state index in [2.05, 4.69) is 63.7 Å². The van der Waals surface area contributed by atoms with Crippen molar-refractivity contribution < 1.29 is 0 Å². The van der Waals surface area contributed by atoms with Crippen molar-refractivity contribution in [2.45, 2.75) is 19.9 Å². The molecule has 1 rings (SSSR count). The molecule has 0 aliphatic heterocycles. The Morgan fingerprint density at radius 2 is 2.27 bits per heavy atom. The van der Waals surface area contributed by atoms with Crippen LogP contribution < -0.4 is 5.32 Å². The first-order valence-electron chi connectivity index (χ1n) is 5.01. The minimum atomic E-state index is 0.580. The zero-order valence-corrected chi connectivity index (χ0v) is 11.5. The molecule has 1 N–H and O–H groups in total. The topological polar surface area (TPSA) is 41.0 Å². The third-order valence-electron chi connectivity index (χ3n) is 2.31. The molecule has 0 atom stereocenters. The van der Waals surface area contributed by atoms with E-state index < -0.39 is 0 Å². The van der Waals surface area contributed by atoms with Gasteiger partial charge in [0.15, 0.2) is 0 Å². The smallest absolute Gasteiger partial charge is 0.142 e. The van der Waals surface area contributed by atoms with E-state index in [1.54, 1.807) is 6.33 Å². The van der Waals surface area contributed by atoms with Crippen LogP contribution in [-0.2, 0) is 0 Å². The van der Waals surface area contributed by atoms with Crippen molar-refractivity contribution in [1.29, 1.82) is 0 Å². The van der Waals surface area contributed by atoms with Gasteiger partial charge in [0.05, 0.1) is 3.57 Å². The molecule has 15 heavy (non-hydrogen) atoms. The SMILES string of the molecule is CC(C)N(C)CCNc1ncncc1I. The minimum Gasteiger partial charge on any atom is -0.368 e. The molecule has 1 aromatic heterocycles. The van der Waals surface area contributed by atoms with Crippen LogP contribution in [0.3, 0.4) is 0 Å². The van der Waals surface area contributed by atoms with Crippen molar-refractivity contribution in [2.24, 2.45) is 0 Å². The van der Waals surface area contributed by atoms with Crippen molar-refractivity contribution >= 4 is 28.4 Å². The molecule has 0 saturated heterocycles. The number of nitrogens with one attached hydrogen (secondary N) is 1. The Balaban J connectivity index is 2.35. The highest BCUT2D eigenvalue weighted by Crippen LogP contribution is 2.11. The lowest BCUT2D eigenvalue weighted by molar-refractivity contribution is 0.284. The summed E-state index contributed by atoms with van der Waals surface area (Å²) >= 11 is 2.23. The maximum absolute atomic E-state index is 4.17. The molecule has 0 aliphatic carbocycles. The molecular weight excluding hydrogens is 303 g/mol. The number of anilines is 1. The quantitative estimate of drug-likeness (QED) is 0.841. The fourth-order valence-electron chi connectivity index (χ4n) is 1.05. The van der Waals surface area contributed by atoms with Crippen molar-refractivity contribution in [2.75, 3.05) is 25.5 Å². The maximum atomic E-state index is 4.17. The van der Waals surface area contributed by atoms with Gasteiger partial charge in [-0.25, -0.2) is 9.97 Å². The van der Waals surface area contributed by atoms with E-state index in [9.17, 15) is 0 Å². The number of aromatic nitrogens is 2. The lowest BCUT2D eigenvalue weighted by atomic mass is 10.3. The summed E-state index contributed by atoms with van der Waals surface area (Å²) in [6.07, 6.45) is 3.37. The number of hydrogen-bond acceptors (Lipinski definition) is 4. The van der Waals surface area contributed by atoms with E-state index in [0.717, 1.165) is 22.5 Å². The van der Waals surface area contributed by atoms with Crippen molar-refractivity contribution in [1.82, 2.24) is 14.9 Å². The highest BCUT2D eigenvalue weighted by Gasteiger charge is 2.03. The van der Waals surface area contributed by atoms with Gasteiger partial charge >= 0.3 is 0 Å². The first kappa shape index (κ1) is 12.6. The highest BCUT2D eigenvalue weighted by atomic mass is 127. The van der Waals surface area contributed by atoms with Gasteiger partial charge in [-0.2, -0.15) is 0 Å². The monoisotopic (exact) mass is 320 g/mol. The summed E-state index contributed by atoms with van der Waals surface area (Å²) in [5, 5.41) is 3.30. The molecule has 1 heterocycles. The first-order valence-corrected chi connectivity index (χ1v) is 6.08. The Morgan fingerprint density at radius 3 is 2.87 bits per heavy atom. The lowest BCUT2D eigenvalue weighted by Gasteiger charge is -2.21. The van der Waals surface area contributed by atoms with Crippen molar-refractivity contribution in [3.05, 3.63) is 16.1 Å². The normalized spacial score (nSPS) is 11.1. The Hall–Kier alpha value is -0.430. The van der Waals surface area contributed by atoms with Crippen molar-refractivity contribution in [3.63, 3.8) is 0 Å². The second kappa shape index (κ2) is 6.22. The molecule has 5 heteroatoms. The third kappa shape index (κ3) is 4.29. The molecule has 0 aliphatic rings. The second-order valence-electron chi connectivity index (χ2n) is 3.72. The van der Waals surface area contributed by atoms with Gasteiger partial charge in [-0.05, 0) is 43.5 Å². The van der Waals surface area contributed by atoms with Crippen LogP contribution in [0.5, 0.6) is 0 Å². The summed E-state index contributed by atoms with van der Waals surface area (Å²) in [4.78, 5) is 10.4. The molecule has 0 amide bonds. The highest BCUT2D eigenvalue weighted by molar-refractivity contribution is 14.1. The van der Waals surface area contributed by atoms with Crippen LogP contribution >= 0.6 is 22.6 Å². The van der Waals surface area contributed by atoms with Crippen LogP contribution in [0.4, 0.5) is 5.82 Å². The molecule has 0 aromatic carbocycles. The Bertz CT molecular complexity index is 303. The average Bonchev–Trinajstić information content (AvgIpc) is 2.20. The van der Waals surface area contributed by atoms with E-state index in [0.29, 0.717) is 6.04 Å². The van der Waals surface area contributed by atoms with E-state index in [1.807, 2.05) is 6.20 Å². The van der Waals surface area contributed by atoms with Crippen LogP contribution in [0, 0.1) is 3.57 Å². The van der Waals surface area contributed by atoms with E-state index in [4.69, 9.17) is 0 Å².